The number of ether oxygens (including phenoxy) is 1. The third-order valence-electron chi connectivity index (χ3n) is 2.97. The normalized spacial score (nSPS) is 11.0. The zero-order chi connectivity index (χ0) is 12.5. The number of imidazole rings is 1. The highest BCUT2D eigenvalue weighted by Gasteiger charge is 2.00. The van der Waals surface area contributed by atoms with Crippen LogP contribution in [0.5, 0.6) is 0 Å². The fourth-order valence-corrected chi connectivity index (χ4v) is 1.69. The summed E-state index contributed by atoms with van der Waals surface area (Å²) in [6.07, 6.45) is 4.24. The summed E-state index contributed by atoms with van der Waals surface area (Å²) in [5.41, 5.74) is 2.39. The number of aromatic nitrogens is 2. The van der Waals surface area contributed by atoms with Crippen molar-refractivity contribution in [2.45, 2.75) is 40.2 Å². The molecule has 1 heterocycles. The van der Waals surface area contributed by atoms with Gasteiger partial charge in [-0.05, 0) is 40.2 Å². The van der Waals surface area contributed by atoms with Crippen molar-refractivity contribution in [1.82, 2.24) is 14.9 Å². The zero-order valence-electron chi connectivity index (χ0n) is 11.3. The highest BCUT2D eigenvalue weighted by atomic mass is 16.5. The van der Waals surface area contributed by atoms with E-state index in [1.54, 1.807) is 0 Å². The van der Waals surface area contributed by atoms with Gasteiger partial charge < -0.3 is 14.6 Å². The Hall–Kier alpha value is -0.870. The number of unbranched alkanes of at least 4 members (excludes halogenated alkanes) is 1. The molecule has 0 saturated carbocycles. The van der Waals surface area contributed by atoms with E-state index in [0.29, 0.717) is 0 Å². The summed E-state index contributed by atoms with van der Waals surface area (Å²) < 4.78 is 7.48. The number of nitrogens with zero attached hydrogens (tertiary/aromatic N) is 2. The van der Waals surface area contributed by atoms with E-state index >= 15 is 0 Å². The Bertz CT molecular complexity index is 310. The topological polar surface area (TPSA) is 39.1 Å². The second-order valence-electron chi connectivity index (χ2n) is 4.26. The summed E-state index contributed by atoms with van der Waals surface area (Å²) in [6, 6.07) is 0. The molecule has 1 rings (SSSR count). The maximum atomic E-state index is 5.29. The van der Waals surface area contributed by atoms with Crippen LogP contribution in [0.3, 0.4) is 0 Å². The predicted octanol–water partition coefficient (Wildman–Crippen LogP) is 1.91. The molecule has 1 aromatic rings. The van der Waals surface area contributed by atoms with Crippen LogP contribution >= 0.6 is 0 Å². The standard InChI is InChI=1S/C13H25N3O/c1-4-17-10-6-5-7-14-8-9-16-11-15-12(2)13(16)3/h11,14H,4-10H2,1-3H3. The van der Waals surface area contributed by atoms with Crippen LogP contribution in [-0.4, -0.2) is 35.9 Å². The zero-order valence-corrected chi connectivity index (χ0v) is 11.3. The first-order valence-electron chi connectivity index (χ1n) is 6.52. The molecule has 0 amide bonds. The Kier molecular flexibility index (Phi) is 6.89. The van der Waals surface area contributed by atoms with Crippen molar-refractivity contribution in [1.29, 1.82) is 0 Å². The number of rotatable bonds is 9. The number of nitrogens with one attached hydrogen (secondary N) is 1. The van der Waals surface area contributed by atoms with Gasteiger partial charge in [0.15, 0.2) is 0 Å². The molecule has 0 aliphatic heterocycles. The van der Waals surface area contributed by atoms with Crippen molar-refractivity contribution < 1.29 is 4.74 Å². The molecule has 0 aliphatic rings. The Morgan fingerprint density at radius 2 is 2.12 bits per heavy atom. The minimum absolute atomic E-state index is 0.826. The van der Waals surface area contributed by atoms with Gasteiger partial charge in [0.2, 0.25) is 0 Å². The monoisotopic (exact) mass is 239 g/mol. The highest BCUT2D eigenvalue weighted by molar-refractivity contribution is 5.08. The quantitative estimate of drug-likeness (QED) is 0.669. The molecule has 98 valence electrons. The van der Waals surface area contributed by atoms with Crippen LogP contribution in [0.25, 0.3) is 0 Å². The molecule has 1 aromatic heterocycles. The molecule has 0 atom stereocenters. The minimum Gasteiger partial charge on any atom is -0.382 e. The summed E-state index contributed by atoms with van der Waals surface area (Å²) in [5, 5.41) is 3.44. The number of hydrogen-bond donors (Lipinski definition) is 1. The van der Waals surface area contributed by atoms with Crippen LogP contribution in [-0.2, 0) is 11.3 Å². The lowest BCUT2D eigenvalue weighted by Gasteiger charge is -2.07. The minimum atomic E-state index is 0.826. The van der Waals surface area contributed by atoms with E-state index in [4.69, 9.17) is 4.74 Å². The lowest BCUT2D eigenvalue weighted by molar-refractivity contribution is 0.143. The van der Waals surface area contributed by atoms with Gasteiger partial charge in [0.25, 0.3) is 0 Å². The highest BCUT2D eigenvalue weighted by Crippen LogP contribution is 2.02. The molecular weight excluding hydrogens is 214 g/mol. The van der Waals surface area contributed by atoms with Gasteiger partial charge in [-0.25, -0.2) is 4.98 Å². The largest absolute Gasteiger partial charge is 0.382 e. The van der Waals surface area contributed by atoms with Crippen LogP contribution in [0.2, 0.25) is 0 Å². The molecule has 17 heavy (non-hydrogen) atoms. The fourth-order valence-electron chi connectivity index (χ4n) is 1.69. The van der Waals surface area contributed by atoms with Gasteiger partial charge in [0.1, 0.15) is 0 Å². The van der Waals surface area contributed by atoms with Crippen molar-refractivity contribution in [3.05, 3.63) is 17.7 Å². The van der Waals surface area contributed by atoms with Gasteiger partial charge >= 0.3 is 0 Å². The number of hydrogen-bond acceptors (Lipinski definition) is 3. The van der Waals surface area contributed by atoms with Gasteiger partial charge in [-0.2, -0.15) is 0 Å². The third kappa shape index (κ3) is 5.33. The van der Waals surface area contributed by atoms with E-state index in [2.05, 4.69) is 21.8 Å². The second kappa shape index (κ2) is 8.25. The summed E-state index contributed by atoms with van der Waals surface area (Å²) in [4.78, 5) is 4.28. The van der Waals surface area contributed by atoms with Crippen LogP contribution in [0.4, 0.5) is 0 Å². The lowest BCUT2D eigenvalue weighted by atomic mass is 10.3. The molecule has 4 heteroatoms. The van der Waals surface area contributed by atoms with Crippen LogP contribution in [0.1, 0.15) is 31.2 Å². The summed E-state index contributed by atoms with van der Waals surface area (Å²) >= 11 is 0. The Labute approximate surface area is 104 Å². The van der Waals surface area contributed by atoms with Gasteiger partial charge in [-0.15, -0.1) is 0 Å². The second-order valence-corrected chi connectivity index (χ2v) is 4.26. The molecule has 0 saturated heterocycles. The van der Waals surface area contributed by atoms with Crippen molar-refractivity contribution in [3.8, 4) is 0 Å². The average molecular weight is 239 g/mol. The molecule has 1 N–H and O–H groups in total. The smallest absolute Gasteiger partial charge is 0.0951 e. The molecule has 0 spiro atoms. The fraction of sp³-hybridized carbons (Fsp3) is 0.769. The van der Waals surface area contributed by atoms with Crippen molar-refractivity contribution in [2.75, 3.05) is 26.3 Å². The summed E-state index contributed by atoms with van der Waals surface area (Å²) in [7, 11) is 0. The Morgan fingerprint density at radius 3 is 2.76 bits per heavy atom. The van der Waals surface area contributed by atoms with E-state index in [1.165, 1.54) is 12.1 Å². The van der Waals surface area contributed by atoms with Crippen LogP contribution < -0.4 is 5.32 Å². The van der Waals surface area contributed by atoms with Gasteiger partial charge in [0.05, 0.1) is 12.0 Å². The van der Waals surface area contributed by atoms with Gasteiger partial charge in [-0.3, -0.25) is 0 Å². The first-order chi connectivity index (χ1) is 8.25. The molecule has 0 bridgehead atoms. The van der Waals surface area contributed by atoms with Gasteiger partial charge in [-0.1, -0.05) is 0 Å². The molecule has 0 radical (unpaired) electrons. The van der Waals surface area contributed by atoms with Crippen LogP contribution in [0.15, 0.2) is 6.33 Å². The SMILES string of the molecule is CCOCCCCNCCn1cnc(C)c1C. The van der Waals surface area contributed by atoms with E-state index in [0.717, 1.165) is 45.0 Å². The van der Waals surface area contributed by atoms with E-state index in [9.17, 15) is 0 Å². The molecule has 0 fully saturated rings. The summed E-state index contributed by atoms with van der Waals surface area (Å²) in [6.45, 7) is 11.0. The first kappa shape index (κ1) is 14.2. The molecule has 0 aromatic carbocycles. The molecule has 0 unspecified atom stereocenters. The van der Waals surface area contributed by atoms with Crippen LogP contribution in [0, 0.1) is 13.8 Å². The lowest BCUT2D eigenvalue weighted by Crippen LogP contribution is -2.21. The first-order valence-corrected chi connectivity index (χ1v) is 6.52. The van der Waals surface area contributed by atoms with Crippen molar-refractivity contribution in [2.24, 2.45) is 0 Å². The maximum absolute atomic E-state index is 5.29. The van der Waals surface area contributed by atoms with E-state index in [-0.39, 0.29) is 0 Å². The maximum Gasteiger partial charge on any atom is 0.0951 e. The summed E-state index contributed by atoms with van der Waals surface area (Å²) in [5.74, 6) is 0. The number of aryl methyl sites for hydroxylation is 1. The van der Waals surface area contributed by atoms with E-state index < -0.39 is 0 Å². The third-order valence-corrected chi connectivity index (χ3v) is 2.97. The molecule has 4 nitrogen and oxygen atoms in total. The van der Waals surface area contributed by atoms with E-state index in [1.807, 2.05) is 20.2 Å². The average Bonchev–Trinajstić information content (AvgIpc) is 2.64. The predicted molar refractivity (Wildman–Crippen MR) is 70.3 cm³/mol. The van der Waals surface area contributed by atoms with Gasteiger partial charge in [0, 0.05) is 32.0 Å². The van der Waals surface area contributed by atoms with Crippen molar-refractivity contribution >= 4 is 0 Å². The van der Waals surface area contributed by atoms with Crippen molar-refractivity contribution in [3.63, 3.8) is 0 Å². The molecule has 0 aliphatic carbocycles. The Balaban J connectivity index is 1.99. The molecular formula is C13H25N3O. The Morgan fingerprint density at radius 1 is 1.29 bits per heavy atom.